The van der Waals surface area contributed by atoms with E-state index < -0.39 is 0 Å². The Labute approximate surface area is 99.8 Å². The van der Waals surface area contributed by atoms with Crippen LogP contribution >= 0.6 is 27.5 Å². The van der Waals surface area contributed by atoms with Crippen LogP contribution in [0.25, 0.3) is 0 Å². The van der Waals surface area contributed by atoms with E-state index in [0.717, 1.165) is 16.8 Å². The van der Waals surface area contributed by atoms with Gasteiger partial charge in [-0.15, -0.1) is 11.6 Å². The first-order valence-corrected chi connectivity index (χ1v) is 6.26. The van der Waals surface area contributed by atoms with E-state index in [2.05, 4.69) is 54.0 Å². The first kappa shape index (κ1) is 12.1. The Bertz CT molecular complexity index is 266. The van der Waals surface area contributed by atoms with Gasteiger partial charge in [0.05, 0.1) is 0 Å². The minimum atomic E-state index is 0.581. The highest BCUT2D eigenvalue weighted by Gasteiger charge is 2.12. The van der Waals surface area contributed by atoms with Crippen molar-refractivity contribution in [3.8, 4) is 0 Å². The van der Waals surface area contributed by atoms with Crippen molar-refractivity contribution in [3.63, 3.8) is 0 Å². The molecule has 1 aromatic rings. The molecular formula is C12H16BrCl. The number of rotatable bonds is 4. The standard InChI is InChI=1S/C12H16BrCl/c1-9(2)11(8-14)7-10-3-5-12(13)6-4-10/h3-6,9,11H,7-8H2,1-2H3. The molecule has 1 atom stereocenters. The van der Waals surface area contributed by atoms with E-state index in [0.29, 0.717) is 11.8 Å². The van der Waals surface area contributed by atoms with Crippen molar-refractivity contribution >= 4 is 27.5 Å². The van der Waals surface area contributed by atoms with Gasteiger partial charge in [0.15, 0.2) is 0 Å². The Balaban J connectivity index is 2.63. The highest BCUT2D eigenvalue weighted by Crippen LogP contribution is 2.20. The van der Waals surface area contributed by atoms with Gasteiger partial charge in [-0.1, -0.05) is 41.9 Å². The van der Waals surface area contributed by atoms with Crippen LogP contribution in [0.4, 0.5) is 0 Å². The summed E-state index contributed by atoms with van der Waals surface area (Å²) in [6.07, 6.45) is 1.08. The van der Waals surface area contributed by atoms with Crippen LogP contribution in [0.3, 0.4) is 0 Å². The molecular weight excluding hydrogens is 259 g/mol. The van der Waals surface area contributed by atoms with E-state index in [9.17, 15) is 0 Å². The van der Waals surface area contributed by atoms with Gasteiger partial charge in [0, 0.05) is 10.4 Å². The first-order valence-electron chi connectivity index (χ1n) is 4.94. The molecule has 1 rings (SSSR count). The third-order valence-electron chi connectivity index (χ3n) is 2.55. The molecule has 0 aliphatic rings. The van der Waals surface area contributed by atoms with Gasteiger partial charge in [-0.3, -0.25) is 0 Å². The summed E-state index contributed by atoms with van der Waals surface area (Å²) >= 11 is 9.37. The maximum atomic E-state index is 5.93. The molecule has 0 spiro atoms. The lowest BCUT2D eigenvalue weighted by Crippen LogP contribution is -2.13. The highest BCUT2D eigenvalue weighted by molar-refractivity contribution is 9.10. The van der Waals surface area contributed by atoms with Crippen molar-refractivity contribution in [3.05, 3.63) is 34.3 Å². The summed E-state index contributed by atoms with van der Waals surface area (Å²) in [5.41, 5.74) is 1.37. The summed E-state index contributed by atoms with van der Waals surface area (Å²) in [4.78, 5) is 0. The summed E-state index contributed by atoms with van der Waals surface area (Å²) in [7, 11) is 0. The molecule has 1 aromatic carbocycles. The van der Waals surface area contributed by atoms with E-state index >= 15 is 0 Å². The summed E-state index contributed by atoms with van der Waals surface area (Å²) in [6, 6.07) is 8.49. The van der Waals surface area contributed by atoms with Gasteiger partial charge in [0.25, 0.3) is 0 Å². The van der Waals surface area contributed by atoms with Gasteiger partial charge < -0.3 is 0 Å². The molecule has 0 saturated heterocycles. The molecule has 0 nitrogen and oxygen atoms in total. The smallest absolute Gasteiger partial charge is 0.0257 e. The Morgan fingerprint density at radius 2 is 1.79 bits per heavy atom. The Morgan fingerprint density at radius 3 is 2.21 bits per heavy atom. The second kappa shape index (κ2) is 5.77. The minimum Gasteiger partial charge on any atom is -0.126 e. The average molecular weight is 276 g/mol. The van der Waals surface area contributed by atoms with E-state index in [1.54, 1.807) is 0 Å². The molecule has 1 unspecified atom stereocenters. The zero-order valence-corrected chi connectivity index (χ0v) is 11.0. The molecule has 0 fully saturated rings. The van der Waals surface area contributed by atoms with E-state index in [1.165, 1.54) is 5.56 Å². The topological polar surface area (TPSA) is 0 Å². The van der Waals surface area contributed by atoms with Gasteiger partial charge >= 0.3 is 0 Å². The second-order valence-corrected chi connectivity index (χ2v) is 5.21. The second-order valence-electron chi connectivity index (χ2n) is 3.99. The largest absolute Gasteiger partial charge is 0.126 e. The molecule has 14 heavy (non-hydrogen) atoms. The Morgan fingerprint density at radius 1 is 1.21 bits per heavy atom. The van der Waals surface area contributed by atoms with Crippen LogP contribution in [0.1, 0.15) is 19.4 Å². The number of alkyl halides is 1. The van der Waals surface area contributed by atoms with E-state index in [1.807, 2.05) is 0 Å². The molecule has 0 radical (unpaired) electrons. The first-order chi connectivity index (χ1) is 6.63. The lowest BCUT2D eigenvalue weighted by atomic mass is 9.91. The fourth-order valence-electron chi connectivity index (χ4n) is 1.39. The Kier molecular flexibility index (Phi) is 4.97. The third kappa shape index (κ3) is 3.62. The van der Waals surface area contributed by atoms with Crippen LogP contribution in [0.5, 0.6) is 0 Å². The van der Waals surface area contributed by atoms with Gasteiger partial charge in [0.1, 0.15) is 0 Å². The number of hydrogen-bond acceptors (Lipinski definition) is 0. The van der Waals surface area contributed by atoms with Gasteiger partial charge in [0.2, 0.25) is 0 Å². The van der Waals surface area contributed by atoms with Crippen LogP contribution in [0.15, 0.2) is 28.7 Å². The molecule has 0 aromatic heterocycles. The molecule has 0 aliphatic heterocycles. The number of hydrogen-bond donors (Lipinski definition) is 0. The van der Waals surface area contributed by atoms with Crippen molar-refractivity contribution in [1.29, 1.82) is 0 Å². The van der Waals surface area contributed by atoms with Gasteiger partial charge in [-0.05, 0) is 36.0 Å². The summed E-state index contributed by atoms with van der Waals surface area (Å²) in [5.74, 6) is 1.97. The quantitative estimate of drug-likeness (QED) is 0.710. The lowest BCUT2D eigenvalue weighted by Gasteiger charge is -2.17. The molecule has 0 N–H and O–H groups in total. The zero-order chi connectivity index (χ0) is 10.6. The van der Waals surface area contributed by atoms with Crippen molar-refractivity contribution in [2.75, 3.05) is 5.88 Å². The maximum Gasteiger partial charge on any atom is 0.0257 e. The lowest BCUT2D eigenvalue weighted by molar-refractivity contribution is 0.422. The van der Waals surface area contributed by atoms with Crippen molar-refractivity contribution < 1.29 is 0 Å². The molecule has 2 heteroatoms. The molecule has 0 aliphatic carbocycles. The summed E-state index contributed by atoms with van der Waals surface area (Å²) < 4.78 is 1.13. The van der Waals surface area contributed by atoms with E-state index in [-0.39, 0.29) is 0 Å². The molecule has 0 amide bonds. The molecule has 0 bridgehead atoms. The fourth-order valence-corrected chi connectivity index (χ4v) is 2.12. The number of halogens is 2. The normalized spacial score (nSPS) is 13.2. The van der Waals surface area contributed by atoms with Gasteiger partial charge in [-0.2, -0.15) is 0 Å². The van der Waals surface area contributed by atoms with Crippen LogP contribution in [-0.4, -0.2) is 5.88 Å². The molecule has 0 heterocycles. The Hall–Kier alpha value is -0.0100. The van der Waals surface area contributed by atoms with Crippen LogP contribution in [0.2, 0.25) is 0 Å². The van der Waals surface area contributed by atoms with Crippen molar-refractivity contribution in [1.82, 2.24) is 0 Å². The predicted molar refractivity (Wildman–Crippen MR) is 66.9 cm³/mol. The van der Waals surface area contributed by atoms with Crippen LogP contribution < -0.4 is 0 Å². The van der Waals surface area contributed by atoms with E-state index in [4.69, 9.17) is 11.6 Å². The van der Waals surface area contributed by atoms with Crippen molar-refractivity contribution in [2.45, 2.75) is 20.3 Å². The highest BCUT2D eigenvalue weighted by atomic mass is 79.9. The van der Waals surface area contributed by atoms with Gasteiger partial charge in [-0.25, -0.2) is 0 Å². The summed E-state index contributed by atoms with van der Waals surface area (Å²) in [6.45, 7) is 4.46. The molecule has 78 valence electrons. The maximum absolute atomic E-state index is 5.93. The number of benzene rings is 1. The minimum absolute atomic E-state index is 0.581. The zero-order valence-electron chi connectivity index (χ0n) is 8.63. The third-order valence-corrected chi connectivity index (χ3v) is 3.48. The van der Waals surface area contributed by atoms with Crippen LogP contribution in [-0.2, 0) is 6.42 Å². The average Bonchev–Trinajstić information content (AvgIpc) is 2.16. The monoisotopic (exact) mass is 274 g/mol. The predicted octanol–water partition coefficient (Wildman–Crippen LogP) is 4.50. The molecule has 0 saturated carbocycles. The summed E-state index contributed by atoms with van der Waals surface area (Å²) in [5, 5.41) is 0. The van der Waals surface area contributed by atoms with Crippen LogP contribution in [0, 0.1) is 11.8 Å². The fraction of sp³-hybridized carbons (Fsp3) is 0.500. The van der Waals surface area contributed by atoms with Crippen molar-refractivity contribution in [2.24, 2.45) is 11.8 Å². The SMILES string of the molecule is CC(C)C(CCl)Cc1ccc(Br)cc1.